The maximum absolute atomic E-state index is 9.97. The van der Waals surface area contributed by atoms with Gasteiger partial charge in [-0.25, -0.2) is 0 Å². The van der Waals surface area contributed by atoms with Gasteiger partial charge in [0.1, 0.15) is 0 Å². The first-order valence-electron chi connectivity index (χ1n) is 6.73. The lowest BCUT2D eigenvalue weighted by molar-refractivity contribution is -0.00476. The number of anilines is 1. The number of halogens is 1. The zero-order valence-corrected chi connectivity index (χ0v) is 13.4. The molecule has 0 aliphatic carbocycles. The lowest BCUT2D eigenvalue weighted by Gasteiger charge is -2.41. The Bertz CT molecular complexity index is 450. The minimum atomic E-state index is -0.469. The Balaban J connectivity index is 2.31. The standard InChI is InChI=1S/C15H22BrNO2/c1-11(18)13-9-12(16)5-6-14(13)17-8-4-7-15(2,10-17)19-3/h5-6,9,11,18H,4,7-8,10H2,1-3H3. The van der Waals surface area contributed by atoms with Gasteiger partial charge in [0.25, 0.3) is 0 Å². The molecule has 1 aromatic rings. The van der Waals surface area contributed by atoms with Crippen LogP contribution >= 0.6 is 15.9 Å². The monoisotopic (exact) mass is 327 g/mol. The van der Waals surface area contributed by atoms with E-state index in [1.807, 2.05) is 19.1 Å². The first-order chi connectivity index (χ1) is 8.95. The maximum atomic E-state index is 9.97. The summed E-state index contributed by atoms with van der Waals surface area (Å²) >= 11 is 3.47. The number of methoxy groups -OCH3 is 1. The first-order valence-corrected chi connectivity index (χ1v) is 7.52. The highest BCUT2D eigenvalue weighted by Crippen LogP contribution is 2.34. The van der Waals surface area contributed by atoms with E-state index in [2.05, 4.69) is 33.8 Å². The Kier molecular flexibility index (Phi) is 4.54. The number of rotatable bonds is 3. The van der Waals surface area contributed by atoms with Gasteiger partial charge in [-0.1, -0.05) is 15.9 Å². The minimum Gasteiger partial charge on any atom is -0.389 e. The molecule has 1 heterocycles. The predicted molar refractivity (Wildman–Crippen MR) is 81.6 cm³/mol. The van der Waals surface area contributed by atoms with Crippen LogP contribution in [0.1, 0.15) is 38.4 Å². The van der Waals surface area contributed by atoms with Crippen LogP contribution in [0.2, 0.25) is 0 Å². The van der Waals surface area contributed by atoms with E-state index in [9.17, 15) is 5.11 Å². The second-order valence-corrected chi connectivity index (χ2v) is 6.47. The number of ether oxygens (including phenoxy) is 1. The van der Waals surface area contributed by atoms with E-state index >= 15 is 0 Å². The molecule has 0 radical (unpaired) electrons. The Morgan fingerprint density at radius 3 is 2.84 bits per heavy atom. The van der Waals surface area contributed by atoms with E-state index in [0.717, 1.165) is 41.7 Å². The summed E-state index contributed by atoms with van der Waals surface area (Å²) in [5.74, 6) is 0. The normalized spacial score (nSPS) is 25.4. The third-order valence-corrected chi connectivity index (χ3v) is 4.43. The summed E-state index contributed by atoms with van der Waals surface area (Å²) in [6, 6.07) is 6.10. The van der Waals surface area contributed by atoms with Crippen molar-refractivity contribution in [3.8, 4) is 0 Å². The minimum absolute atomic E-state index is 0.0959. The van der Waals surface area contributed by atoms with Gasteiger partial charge in [0.15, 0.2) is 0 Å². The largest absolute Gasteiger partial charge is 0.389 e. The van der Waals surface area contributed by atoms with Gasteiger partial charge < -0.3 is 14.7 Å². The van der Waals surface area contributed by atoms with E-state index in [1.165, 1.54) is 0 Å². The van der Waals surface area contributed by atoms with Crippen LogP contribution in [0.25, 0.3) is 0 Å². The fraction of sp³-hybridized carbons (Fsp3) is 0.600. The van der Waals surface area contributed by atoms with Crippen molar-refractivity contribution in [1.29, 1.82) is 0 Å². The number of hydrogen-bond donors (Lipinski definition) is 1. The van der Waals surface area contributed by atoms with E-state index < -0.39 is 6.10 Å². The quantitative estimate of drug-likeness (QED) is 0.922. The molecule has 1 saturated heterocycles. The van der Waals surface area contributed by atoms with Crippen molar-refractivity contribution >= 4 is 21.6 Å². The van der Waals surface area contributed by atoms with Gasteiger partial charge >= 0.3 is 0 Å². The van der Waals surface area contributed by atoms with Crippen LogP contribution in [0.15, 0.2) is 22.7 Å². The van der Waals surface area contributed by atoms with Crippen molar-refractivity contribution in [3.63, 3.8) is 0 Å². The van der Waals surface area contributed by atoms with Crippen molar-refractivity contribution in [2.24, 2.45) is 0 Å². The third-order valence-electron chi connectivity index (χ3n) is 3.93. The molecular weight excluding hydrogens is 306 g/mol. The summed E-state index contributed by atoms with van der Waals surface area (Å²) < 4.78 is 6.64. The Morgan fingerprint density at radius 2 is 2.21 bits per heavy atom. The predicted octanol–water partition coefficient (Wildman–Crippen LogP) is 3.51. The topological polar surface area (TPSA) is 32.7 Å². The molecule has 0 amide bonds. The molecule has 106 valence electrons. The summed E-state index contributed by atoms with van der Waals surface area (Å²) in [5, 5.41) is 9.97. The van der Waals surface area contributed by atoms with E-state index in [1.54, 1.807) is 7.11 Å². The highest BCUT2D eigenvalue weighted by molar-refractivity contribution is 9.10. The van der Waals surface area contributed by atoms with Crippen molar-refractivity contribution in [3.05, 3.63) is 28.2 Å². The van der Waals surface area contributed by atoms with Crippen LogP contribution in [0.4, 0.5) is 5.69 Å². The number of aliphatic hydroxyl groups excluding tert-OH is 1. The summed E-state index contributed by atoms with van der Waals surface area (Å²) in [5.41, 5.74) is 1.98. The van der Waals surface area contributed by atoms with Crippen molar-refractivity contribution in [1.82, 2.24) is 0 Å². The van der Waals surface area contributed by atoms with Crippen molar-refractivity contribution < 1.29 is 9.84 Å². The second-order valence-electron chi connectivity index (χ2n) is 5.56. The molecule has 2 unspecified atom stereocenters. The Hall–Kier alpha value is -0.580. The molecule has 0 spiro atoms. The zero-order chi connectivity index (χ0) is 14.0. The third kappa shape index (κ3) is 3.30. The van der Waals surface area contributed by atoms with Crippen LogP contribution in [0, 0.1) is 0 Å². The average Bonchev–Trinajstić information content (AvgIpc) is 2.38. The van der Waals surface area contributed by atoms with Crippen LogP contribution in [0.3, 0.4) is 0 Å². The number of hydrogen-bond acceptors (Lipinski definition) is 3. The van der Waals surface area contributed by atoms with E-state index in [-0.39, 0.29) is 5.60 Å². The molecule has 2 atom stereocenters. The molecule has 0 bridgehead atoms. The molecule has 1 N–H and O–H groups in total. The number of nitrogens with zero attached hydrogens (tertiary/aromatic N) is 1. The molecule has 3 nitrogen and oxygen atoms in total. The van der Waals surface area contributed by atoms with Gasteiger partial charge in [-0.05, 0) is 44.9 Å². The second kappa shape index (κ2) is 5.81. The summed E-state index contributed by atoms with van der Waals surface area (Å²) in [6.45, 7) is 5.84. The van der Waals surface area contributed by atoms with Gasteiger partial charge in [-0.2, -0.15) is 0 Å². The molecule has 2 rings (SSSR count). The molecule has 1 aliphatic heterocycles. The number of aliphatic hydroxyl groups is 1. The molecule has 1 aromatic carbocycles. The average molecular weight is 328 g/mol. The fourth-order valence-corrected chi connectivity index (χ4v) is 3.10. The molecule has 0 saturated carbocycles. The highest BCUT2D eigenvalue weighted by atomic mass is 79.9. The number of benzene rings is 1. The molecule has 4 heteroatoms. The molecule has 1 fully saturated rings. The summed E-state index contributed by atoms with van der Waals surface area (Å²) in [4.78, 5) is 2.32. The zero-order valence-electron chi connectivity index (χ0n) is 11.8. The van der Waals surface area contributed by atoms with Gasteiger partial charge in [0, 0.05) is 35.9 Å². The highest BCUT2D eigenvalue weighted by Gasteiger charge is 2.31. The summed E-state index contributed by atoms with van der Waals surface area (Å²) in [7, 11) is 1.78. The lowest BCUT2D eigenvalue weighted by atomic mass is 9.93. The Labute approximate surface area is 123 Å². The van der Waals surface area contributed by atoms with Crippen molar-refractivity contribution in [2.75, 3.05) is 25.1 Å². The van der Waals surface area contributed by atoms with Crippen molar-refractivity contribution in [2.45, 2.75) is 38.4 Å². The summed E-state index contributed by atoms with van der Waals surface area (Å²) in [6.07, 6.45) is 1.73. The fourth-order valence-electron chi connectivity index (χ4n) is 2.73. The molecule has 1 aliphatic rings. The van der Waals surface area contributed by atoms with Gasteiger partial charge in [0.2, 0.25) is 0 Å². The smallest absolute Gasteiger partial charge is 0.0825 e. The maximum Gasteiger partial charge on any atom is 0.0825 e. The van der Waals surface area contributed by atoms with Crippen LogP contribution in [0.5, 0.6) is 0 Å². The van der Waals surface area contributed by atoms with Gasteiger partial charge in [-0.15, -0.1) is 0 Å². The molecule has 19 heavy (non-hydrogen) atoms. The molecule has 0 aromatic heterocycles. The van der Waals surface area contributed by atoms with Crippen LogP contribution in [-0.2, 0) is 4.74 Å². The van der Waals surface area contributed by atoms with Gasteiger partial charge in [0.05, 0.1) is 11.7 Å². The molecular formula is C15H22BrNO2. The van der Waals surface area contributed by atoms with E-state index in [0.29, 0.717) is 0 Å². The van der Waals surface area contributed by atoms with Crippen LogP contribution < -0.4 is 4.90 Å². The van der Waals surface area contributed by atoms with Gasteiger partial charge in [-0.3, -0.25) is 0 Å². The Morgan fingerprint density at radius 1 is 1.47 bits per heavy atom. The van der Waals surface area contributed by atoms with E-state index in [4.69, 9.17) is 4.74 Å². The number of piperidine rings is 1. The SMILES string of the molecule is COC1(C)CCCN(c2ccc(Br)cc2C(C)O)C1. The lowest BCUT2D eigenvalue weighted by Crippen LogP contribution is -2.47. The van der Waals surface area contributed by atoms with Crippen LogP contribution in [-0.4, -0.2) is 30.9 Å². The first kappa shape index (κ1) is 14.8.